The number of benzene rings is 3. The van der Waals surface area contributed by atoms with Crippen LogP contribution in [0.5, 0.6) is 5.75 Å². The number of carbonyl (C=O) groups excluding carboxylic acids is 2. The van der Waals surface area contributed by atoms with E-state index in [1.54, 1.807) is 7.11 Å². The highest BCUT2D eigenvalue weighted by atomic mass is 35.5. The van der Waals surface area contributed by atoms with E-state index in [1.165, 1.54) is 0 Å². The fourth-order valence-corrected chi connectivity index (χ4v) is 4.60. The summed E-state index contributed by atoms with van der Waals surface area (Å²) in [6.07, 6.45) is 3.50. The molecule has 5 rings (SSSR count). The number of rotatable bonds is 7. The molecule has 3 aromatic carbocycles. The summed E-state index contributed by atoms with van der Waals surface area (Å²) in [5.74, 6) is -0.156. The van der Waals surface area contributed by atoms with Crippen LogP contribution in [0.3, 0.4) is 0 Å². The SMILES string of the molecule is COc1ccc(CNC(=O)COC(=O)c2c3c(nc4ccccc24)/C(=C/c2ccc(Cl)cc2)CC3)cc1. The Bertz CT molecular complexity index is 1500. The van der Waals surface area contributed by atoms with Gasteiger partial charge in [0.1, 0.15) is 5.75 Å². The zero-order chi connectivity index (χ0) is 25.8. The number of halogens is 1. The normalized spacial score (nSPS) is 13.4. The molecule has 37 heavy (non-hydrogen) atoms. The maximum absolute atomic E-state index is 13.3. The highest BCUT2D eigenvalue weighted by Gasteiger charge is 2.28. The Kier molecular flexibility index (Phi) is 7.19. The van der Waals surface area contributed by atoms with Crippen molar-refractivity contribution in [1.82, 2.24) is 10.3 Å². The van der Waals surface area contributed by atoms with Crippen molar-refractivity contribution in [3.63, 3.8) is 0 Å². The molecule has 0 atom stereocenters. The molecule has 4 aromatic rings. The molecule has 0 spiro atoms. The second-order valence-electron chi connectivity index (χ2n) is 8.75. The van der Waals surface area contributed by atoms with Gasteiger partial charge in [-0.25, -0.2) is 9.78 Å². The molecule has 1 aliphatic carbocycles. The fraction of sp³-hybridized carbons (Fsp3) is 0.167. The van der Waals surface area contributed by atoms with Gasteiger partial charge < -0.3 is 14.8 Å². The van der Waals surface area contributed by atoms with Gasteiger partial charge >= 0.3 is 5.97 Å². The summed E-state index contributed by atoms with van der Waals surface area (Å²) < 4.78 is 10.6. The standard InChI is InChI=1S/C30H25ClN2O4/c1-36-23-13-8-20(9-14-23)17-32-27(34)18-37-30(35)28-24-4-2-3-5-26(24)33-29-21(10-15-25(28)29)16-19-6-11-22(31)12-7-19/h2-9,11-14,16H,10,15,17-18H2,1H3,(H,32,34)/b21-16+. The molecule has 7 heteroatoms. The number of aromatic nitrogens is 1. The molecular weight excluding hydrogens is 488 g/mol. The van der Waals surface area contributed by atoms with Crippen molar-refractivity contribution in [2.24, 2.45) is 0 Å². The van der Waals surface area contributed by atoms with E-state index in [9.17, 15) is 9.59 Å². The summed E-state index contributed by atoms with van der Waals surface area (Å²) in [5, 5.41) is 4.18. The molecule has 0 aliphatic heterocycles. The lowest BCUT2D eigenvalue weighted by molar-refractivity contribution is -0.124. The molecule has 0 radical (unpaired) electrons. The fourth-order valence-electron chi connectivity index (χ4n) is 4.47. The van der Waals surface area contributed by atoms with E-state index in [0.717, 1.165) is 45.5 Å². The average Bonchev–Trinajstić information content (AvgIpc) is 3.32. The maximum atomic E-state index is 13.3. The number of hydrogen-bond acceptors (Lipinski definition) is 5. The smallest absolute Gasteiger partial charge is 0.339 e. The predicted molar refractivity (Wildman–Crippen MR) is 145 cm³/mol. The van der Waals surface area contributed by atoms with Crippen molar-refractivity contribution in [2.75, 3.05) is 13.7 Å². The lowest BCUT2D eigenvalue weighted by Crippen LogP contribution is -2.28. The molecule has 6 nitrogen and oxygen atoms in total. The molecule has 186 valence electrons. The van der Waals surface area contributed by atoms with Crippen LogP contribution in [0.1, 0.15) is 39.2 Å². The van der Waals surface area contributed by atoms with Gasteiger partial charge in [-0.15, -0.1) is 0 Å². The van der Waals surface area contributed by atoms with Crippen LogP contribution in [0.15, 0.2) is 72.8 Å². The molecule has 1 aromatic heterocycles. The Balaban J connectivity index is 1.34. The quantitative estimate of drug-likeness (QED) is 0.314. The van der Waals surface area contributed by atoms with E-state index in [4.69, 9.17) is 26.1 Å². The molecule has 1 amide bonds. The number of methoxy groups -OCH3 is 1. The first-order chi connectivity index (χ1) is 18.0. The predicted octanol–water partition coefficient (Wildman–Crippen LogP) is 5.86. The molecule has 0 saturated carbocycles. The van der Waals surface area contributed by atoms with Crippen molar-refractivity contribution in [2.45, 2.75) is 19.4 Å². The third kappa shape index (κ3) is 5.49. The van der Waals surface area contributed by atoms with Gasteiger partial charge in [-0.05, 0) is 71.5 Å². The van der Waals surface area contributed by atoms with Crippen LogP contribution in [-0.2, 0) is 22.5 Å². The monoisotopic (exact) mass is 512 g/mol. The highest BCUT2D eigenvalue weighted by Crippen LogP contribution is 2.37. The van der Waals surface area contributed by atoms with Gasteiger partial charge in [0.2, 0.25) is 0 Å². The van der Waals surface area contributed by atoms with E-state index < -0.39 is 5.97 Å². The van der Waals surface area contributed by atoms with E-state index in [1.807, 2.05) is 72.8 Å². The number of esters is 1. The van der Waals surface area contributed by atoms with Crippen molar-refractivity contribution in [3.05, 3.63) is 106 Å². The number of nitrogens with zero attached hydrogens (tertiary/aromatic N) is 1. The van der Waals surface area contributed by atoms with Crippen LogP contribution in [-0.4, -0.2) is 30.6 Å². The van der Waals surface area contributed by atoms with Crippen LogP contribution >= 0.6 is 11.6 Å². The zero-order valence-corrected chi connectivity index (χ0v) is 21.0. The zero-order valence-electron chi connectivity index (χ0n) is 20.3. The van der Waals surface area contributed by atoms with E-state index in [2.05, 4.69) is 11.4 Å². The van der Waals surface area contributed by atoms with Crippen LogP contribution in [0.2, 0.25) is 5.02 Å². The maximum Gasteiger partial charge on any atom is 0.339 e. The van der Waals surface area contributed by atoms with Crippen molar-refractivity contribution >= 4 is 46.0 Å². The van der Waals surface area contributed by atoms with Crippen LogP contribution < -0.4 is 10.1 Å². The van der Waals surface area contributed by atoms with E-state index in [-0.39, 0.29) is 12.5 Å². The molecule has 0 bridgehead atoms. The minimum absolute atomic E-state index is 0.326. The highest BCUT2D eigenvalue weighted by molar-refractivity contribution is 6.30. The van der Waals surface area contributed by atoms with Crippen molar-refractivity contribution in [1.29, 1.82) is 0 Å². The first-order valence-corrected chi connectivity index (χ1v) is 12.3. The summed E-state index contributed by atoms with van der Waals surface area (Å²) in [6.45, 7) is -0.0410. The van der Waals surface area contributed by atoms with Crippen molar-refractivity contribution in [3.8, 4) is 5.75 Å². The van der Waals surface area contributed by atoms with Crippen LogP contribution in [0.4, 0.5) is 0 Å². The van der Waals surface area contributed by atoms with Gasteiger partial charge in [-0.3, -0.25) is 4.79 Å². The minimum atomic E-state index is -0.526. The summed E-state index contributed by atoms with van der Waals surface area (Å²) in [6, 6.07) is 22.5. The second kappa shape index (κ2) is 10.8. The van der Waals surface area contributed by atoms with Gasteiger partial charge in [0.15, 0.2) is 6.61 Å². The third-order valence-electron chi connectivity index (χ3n) is 6.34. The number of fused-ring (bicyclic) bond motifs is 2. The summed E-state index contributed by atoms with van der Waals surface area (Å²) in [5.41, 5.74) is 5.81. The Morgan fingerprint density at radius 1 is 1.00 bits per heavy atom. The second-order valence-corrected chi connectivity index (χ2v) is 9.19. The van der Waals surface area contributed by atoms with E-state index in [0.29, 0.717) is 29.1 Å². The molecule has 1 aliphatic rings. The number of nitrogens with one attached hydrogen (secondary N) is 1. The lowest BCUT2D eigenvalue weighted by atomic mass is 10.0. The van der Waals surface area contributed by atoms with Gasteiger partial charge in [0, 0.05) is 17.0 Å². The topological polar surface area (TPSA) is 77.5 Å². The lowest BCUT2D eigenvalue weighted by Gasteiger charge is -2.12. The summed E-state index contributed by atoms with van der Waals surface area (Å²) >= 11 is 6.03. The van der Waals surface area contributed by atoms with Gasteiger partial charge in [0.25, 0.3) is 5.91 Å². The molecule has 0 saturated heterocycles. The third-order valence-corrected chi connectivity index (χ3v) is 6.59. The van der Waals surface area contributed by atoms with Gasteiger partial charge in [0.05, 0.1) is 23.9 Å². The number of pyridine rings is 1. The molecule has 0 unspecified atom stereocenters. The largest absolute Gasteiger partial charge is 0.497 e. The van der Waals surface area contributed by atoms with Gasteiger partial charge in [-0.1, -0.05) is 54.1 Å². The Labute approximate surface area is 219 Å². The Morgan fingerprint density at radius 3 is 2.51 bits per heavy atom. The molecular formula is C30H25ClN2O4. The number of para-hydroxylation sites is 1. The van der Waals surface area contributed by atoms with Crippen molar-refractivity contribution < 1.29 is 19.1 Å². The number of amides is 1. The minimum Gasteiger partial charge on any atom is -0.497 e. The number of allylic oxidation sites excluding steroid dienone is 1. The molecule has 0 fully saturated rings. The number of hydrogen-bond donors (Lipinski definition) is 1. The first-order valence-electron chi connectivity index (χ1n) is 12.0. The van der Waals surface area contributed by atoms with Gasteiger partial charge in [-0.2, -0.15) is 0 Å². The summed E-state index contributed by atoms with van der Waals surface area (Å²) in [7, 11) is 1.60. The van der Waals surface area contributed by atoms with Crippen LogP contribution in [0, 0.1) is 0 Å². The number of ether oxygens (including phenoxy) is 2. The first kappa shape index (κ1) is 24.5. The van der Waals surface area contributed by atoms with E-state index >= 15 is 0 Å². The average molecular weight is 513 g/mol. The Hall–Kier alpha value is -4.16. The molecule has 1 heterocycles. The Morgan fingerprint density at radius 2 is 1.76 bits per heavy atom. The van der Waals surface area contributed by atoms with Crippen LogP contribution in [0.25, 0.3) is 22.6 Å². The summed E-state index contributed by atoms with van der Waals surface area (Å²) in [4.78, 5) is 30.6. The number of carbonyl (C=O) groups is 2. The molecule has 1 N–H and O–H groups in total.